The minimum absolute atomic E-state index is 0.510. The van der Waals surface area contributed by atoms with Gasteiger partial charge in [-0.1, -0.05) is 6.58 Å². The van der Waals surface area contributed by atoms with E-state index >= 15 is 0 Å². The Morgan fingerprint density at radius 1 is 1.25 bits per heavy atom. The van der Waals surface area contributed by atoms with Crippen LogP contribution >= 0.6 is 0 Å². The molecule has 0 fully saturated rings. The SMILES string of the molecule is C=C(C)C(F)(CO)C(F)(F)CO. The Hall–Kier alpha value is -0.550. The molecule has 0 radical (unpaired) electrons. The third-order valence-electron chi connectivity index (χ3n) is 1.67. The lowest BCUT2D eigenvalue weighted by atomic mass is 9.92. The van der Waals surface area contributed by atoms with Gasteiger partial charge in [-0.2, -0.15) is 0 Å². The molecule has 0 saturated heterocycles. The summed E-state index contributed by atoms with van der Waals surface area (Å²) in [5.74, 6) is -3.99. The summed E-state index contributed by atoms with van der Waals surface area (Å²) < 4.78 is 38.4. The van der Waals surface area contributed by atoms with Gasteiger partial charge in [-0.25, -0.2) is 13.2 Å². The molecule has 12 heavy (non-hydrogen) atoms. The van der Waals surface area contributed by atoms with Crippen LogP contribution in [0.4, 0.5) is 13.2 Å². The molecule has 0 aliphatic rings. The number of hydrogen-bond donors (Lipinski definition) is 2. The molecule has 0 aromatic heterocycles. The molecule has 0 aromatic rings. The molecule has 0 aromatic carbocycles. The molecule has 1 unspecified atom stereocenters. The molecule has 0 spiro atoms. The number of rotatable bonds is 4. The second-order valence-corrected chi connectivity index (χ2v) is 2.60. The topological polar surface area (TPSA) is 40.5 Å². The average molecular weight is 184 g/mol. The van der Waals surface area contributed by atoms with Crippen molar-refractivity contribution in [1.29, 1.82) is 0 Å². The first-order valence-electron chi connectivity index (χ1n) is 3.26. The molecule has 2 nitrogen and oxygen atoms in total. The maximum absolute atomic E-state index is 13.2. The Balaban J connectivity index is 4.87. The minimum Gasteiger partial charge on any atom is -0.392 e. The maximum atomic E-state index is 13.2. The van der Waals surface area contributed by atoms with Gasteiger partial charge >= 0.3 is 5.92 Å². The second-order valence-electron chi connectivity index (χ2n) is 2.60. The van der Waals surface area contributed by atoms with Crippen LogP contribution in [0, 0.1) is 0 Å². The van der Waals surface area contributed by atoms with Crippen LogP contribution in [0.15, 0.2) is 12.2 Å². The highest BCUT2D eigenvalue weighted by molar-refractivity contribution is 5.16. The van der Waals surface area contributed by atoms with Gasteiger partial charge in [0.25, 0.3) is 0 Å². The van der Waals surface area contributed by atoms with E-state index in [2.05, 4.69) is 6.58 Å². The fraction of sp³-hybridized carbons (Fsp3) is 0.714. The van der Waals surface area contributed by atoms with Crippen molar-refractivity contribution in [3.63, 3.8) is 0 Å². The quantitative estimate of drug-likeness (QED) is 0.637. The van der Waals surface area contributed by atoms with Crippen LogP contribution in [-0.2, 0) is 0 Å². The predicted octanol–water partition coefficient (Wildman–Crippen LogP) is 0.891. The van der Waals surface area contributed by atoms with E-state index in [-0.39, 0.29) is 0 Å². The fourth-order valence-corrected chi connectivity index (χ4v) is 0.688. The van der Waals surface area contributed by atoms with E-state index in [4.69, 9.17) is 10.2 Å². The van der Waals surface area contributed by atoms with Gasteiger partial charge in [0.05, 0.1) is 6.61 Å². The van der Waals surface area contributed by atoms with Crippen LogP contribution in [0.1, 0.15) is 6.92 Å². The van der Waals surface area contributed by atoms with Crippen molar-refractivity contribution in [2.75, 3.05) is 13.2 Å². The standard InChI is InChI=1S/C7H11F3O2/c1-5(2)6(8,3-11)7(9,10)4-12/h11-12H,1,3-4H2,2H3. The number of alkyl halides is 3. The summed E-state index contributed by atoms with van der Waals surface area (Å²) in [4.78, 5) is 0. The van der Waals surface area contributed by atoms with E-state index in [1.54, 1.807) is 0 Å². The van der Waals surface area contributed by atoms with Crippen molar-refractivity contribution >= 4 is 0 Å². The predicted molar refractivity (Wildman–Crippen MR) is 37.8 cm³/mol. The average Bonchev–Trinajstić information content (AvgIpc) is 2.02. The van der Waals surface area contributed by atoms with Gasteiger partial charge in [0.2, 0.25) is 5.67 Å². The second kappa shape index (κ2) is 3.45. The molecule has 5 heteroatoms. The van der Waals surface area contributed by atoms with Crippen LogP contribution in [-0.4, -0.2) is 35.0 Å². The van der Waals surface area contributed by atoms with E-state index in [9.17, 15) is 13.2 Å². The zero-order valence-corrected chi connectivity index (χ0v) is 6.65. The summed E-state index contributed by atoms with van der Waals surface area (Å²) in [5, 5.41) is 16.6. The normalized spacial score (nSPS) is 17.2. The van der Waals surface area contributed by atoms with E-state index in [1.165, 1.54) is 0 Å². The van der Waals surface area contributed by atoms with Crippen molar-refractivity contribution < 1.29 is 23.4 Å². The van der Waals surface area contributed by atoms with Gasteiger partial charge in [0.15, 0.2) is 0 Å². The number of halogens is 3. The molecule has 0 aliphatic heterocycles. The molecule has 72 valence electrons. The van der Waals surface area contributed by atoms with Gasteiger partial charge in [-0.05, 0) is 12.5 Å². The largest absolute Gasteiger partial charge is 0.392 e. The summed E-state index contributed by atoms with van der Waals surface area (Å²) in [6.45, 7) is 0.965. The fourth-order valence-electron chi connectivity index (χ4n) is 0.688. The minimum atomic E-state index is -3.99. The van der Waals surface area contributed by atoms with E-state index in [1.807, 2.05) is 0 Å². The van der Waals surface area contributed by atoms with Gasteiger partial charge in [0.1, 0.15) is 6.61 Å². The van der Waals surface area contributed by atoms with Crippen molar-refractivity contribution in [2.24, 2.45) is 0 Å². The van der Waals surface area contributed by atoms with Crippen LogP contribution in [0.5, 0.6) is 0 Å². The van der Waals surface area contributed by atoms with Crippen molar-refractivity contribution in [1.82, 2.24) is 0 Å². The summed E-state index contributed by atoms with van der Waals surface area (Å²) in [6, 6.07) is 0. The smallest absolute Gasteiger partial charge is 0.309 e. The molecule has 0 bridgehead atoms. The Kier molecular flexibility index (Phi) is 3.29. The summed E-state index contributed by atoms with van der Waals surface area (Å²) >= 11 is 0. The first-order chi connectivity index (χ1) is 5.31. The summed E-state index contributed by atoms with van der Waals surface area (Å²) in [7, 11) is 0. The molecule has 0 rings (SSSR count). The number of aliphatic hydroxyl groups excluding tert-OH is 2. The first-order valence-corrected chi connectivity index (χ1v) is 3.26. The highest BCUT2D eigenvalue weighted by atomic mass is 19.3. The molecule has 2 N–H and O–H groups in total. The lowest BCUT2D eigenvalue weighted by molar-refractivity contribution is -0.161. The molecule has 0 aliphatic carbocycles. The summed E-state index contributed by atoms with van der Waals surface area (Å²) in [5.41, 5.74) is -3.74. The highest BCUT2D eigenvalue weighted by Gasteiger charge is 2.54. The zero-order valence-electron chi connectivity index (χ0n) is 6.65. The molecule has 0 heterocycles. The van der Waals surface area contributed by atoms with E-state index < -0.39 is 30.4 Å². The van der Waals surface area contributed by atoms with Crippen LogP contribution < -0.4 is 0 Å². The molecule has 0 saturated carbocycles. The lowest BCUT2D eigenvalue weighted by Crippen LogP contribution is -2.50. The number of aliphatic hydroxyl groups is 2. The van der Waals surface area contributed by atoms with E-state index in [0.29, 0.717) is 0 Å². The first kappa shape index (κ1) is 11.4. The Morgan fingerprint density at radius 2 is 1.67 bits per heavy atom. The number of hydrogen-bond acceptors (Lipinski definition) is 2. The summed E-state index contributed by atoms with van der Waals surface area (Å²) in [6.07, 6.45) is 0. The Morgan fingerprint density at radius 3 is 1.75 bits per heavy atom. The van der Waals surface area contributed by atoms with Gasteiger partial charge in [-0.15, -0.1) is 0 Å². The Labute approximate surface area is 68.3 Å². The van der Waals surface area contributed by atoms with Crippen LogP contribution in [0.3, 0.4) is 0 Å². The van der Waals surface area contributed by atoms with Crippen molar-refractivity contribution in [2.45, 2.75) is 18.5 Å². The molecular formula is C7H11F3O2. The van der Waals surface area contributed by atoms with E-state index in [0.717, 1.165) is 6.92 Å². The monoisotopic (exact) mass is 184 g/mol. The lowest BCUT2D eigenvalue weighted by Gasteiger charge is -2.30. The highest BCUT2D eigenvalue weighted by Crippen LogP contribution is 2.36. The third kappa shape index (κ3) is 1.61. The van der Waals surface area contributed by atoms with Crippen molar-refractivity contribution in [3.05, 3.63) is 12.2 Å². The van der Waals surface area contributed by atoms with Gasteiger partial charge in [0, 0.05) is 0 Å². The molecule has 0 amide bonds. The molecular weight excluding hydrogens is 173 g/mol. The van der Waals surface area contributed by atoms with Crippen molar-refractivity contribution in [3.8, 4) is 0 Å². The van der Waals surface area contributed by atoms with Gasteiger partial charge < -0.3 is 10.2 Å². The van der Waals surface area contributed by atoms with Crippen LogP contribution in [0.2, 0.25) is 0 Å². The zero-order chi connectivity index (χ0) is 9.99. The Bertz CT molecular complexity index is 181. The van der Waals surface area contributed by atoms with Gasteiger partial charge in [-0.3, -0.25) is 0 Å². The van der Waals surface area contributed by atoms with Crippen LogP contribution in [0.25, 0.3) is 0 Å². The molecule has 1 atom stereocenters. The maximum Gasteiger partial charge on any atom is 0.309 e. The third-order valence-corrected chi connectivity index (χ3v) is 1.67.